The molecule has 2 aliphatic rings. The molecule has 0 amide bonds. The molecule has 0 aromatic carbocycles. The third-order valence-electron chi connectivity index (χ3n) is 8.20. The summed E-state index contributed by atoms with van der Waals surface area (Å²) in [4.78, 5) is 39.7. The average molecular weight is 619 g/mol. The van der Waals surface area contributed by atoms with Crippen molar-refractivity contribution in [2.75, 3.05) is 0 Å². The molecule has 3 aromatic heterocycles. The Bertz CT molecular complexity index is 1920. The third kappa shape index (κ3) is 5.90. The molecule has 8 nitrogen and oxygen atoms in total. The van der Waals surface area contributed by atoms with Crippen molar-refractivity contribution in [2.24, 2.45) is 0 Å². The van der Waals surface area contributed by atoms with Crippen molar-refractivity contribution < 1.29 is 36.3 Å². The molecule has 0 unspecified atom stereocenters. The number of carbonyl (C=O) groups excluding carboxylic acids is 2. The zero-order chi connectivity index (χ0) is 30.3. The van der Waals surface area contributed by atoms with Crippen molar-refractivity contribution >= 4 is 62.4 Å². The summed E-state index contributed by atoms with van der Waals surface area (Å²) in [6, 6.07) is 7.78. The van der Waals surface area contributed by atoms with Crippen LogP contribution in [0.1, 0.15) is 78.1 Å². The minimum absolute atomic E-state index is 0. The molecule has 0 saturated carbocycles. The van der Waals surface area contributed by atoms with Crippen LogP contribution in [-0.4, -0.2) is 31.9 Å². The Labute approximate surface area is 259 Å². The zero-order valence-electron chi connectivity index (χ0n) is 24.6. The van der Waals surface area contributed by atoms with Gasteiger partial charge in [0, 0.05) is 45.1 Å². The molecule has 0 fully saturated rings. The van der Waals surface area contributed by atoms with Crippen molar-refractivity contribution in [2.45, 2.75) is 53.4 Å². The molecule has 0 aliphatic carbocycles. The van der Waals surface area contributed by atoms with Crippen LogP contribution < -0.4 is 10.2 Å². The van der Waals surface area contributed by atoms with Crippen molar-refractivity contribution in [3.05, 3.63) is 88.5 Å². The smallest absolute Gasteiger partial charge is 0.550 e. The summed E-state index contributed by atoms with van der Waals surface area (Å²) in [5, 5.41) is 22.8. The fourth-order valence-corrected chi connectivity index (χ4v) is 5.76. The second kappa shape index (κ2) is 12.4. The van der Waals surface area contributed by atoms with Crippen LogP contribution in [0.2, 0.25) is 0 Å². The molecule has 8 bridgehead atoms. The van der Waals surface area contributed by atoms with Crippen LogP contribution >= 0.6 is 0 Å². The van der Waals surface area contributed by atoms with Crippen LogP contribution in [-0.2, 0) is 32.5 Å². The van der Waals surface area contributed by atoms with E-state index in [1.54, 1.807) is 6.08 Å². The Morgan fingerprint density at radius 3 is 1.91 bits per heavy atom. The van der Waals surface area contributed by atoms with Gasteiger partial charge in [0.15, 0.2) is 0 Å². The number of aromatic amines is 2. The molecule has 222 valence electrons. The molecule has 2 aliphatic heterocycles. The van der Waals surface area contributed by atoms with Gasteiger partial charge < -0.3 is 29.8 Å². The molecule has 9 heteroatoms. The number of aromatic nitrogens is 4. The molecule has 5 heterocycles. The van der Waals surface area contributed by atoms with Crippen LogP contribution in [0.15, 0.2) is 43.5 Å². The van der Waals surface area contributed by atoms with E-state index in [2.05, 4.69) is 23.1 Å². The van der Waals surface area contributed by atoms with Crippen molar-refractivity contribution in [3.63, 3.8) is 0 Å². The minimum atomic E-state index is -1.14. The monoisotopic (exact) mass is 618 g/mol. The van der Waals surface area contributed by atoms with E-state index < -0.39 is 11.9 Å². The molecular formula is C34H32N4NiO4. The van der Waals surface area contributed by atoms with Crippen molar-refractivity contribution in [1.29, 1.82) is 0 Å². The third-order valence-corrected chi connectivity index (χ3v) is 8.20. The molecular weight excluding hydrogens is 587 g/mol. The zero-order valence-corrected chi connectivity index (χ0v) is 25.5. The number of allylic oxidation sites excluding steroid dienone is 5. The number of rotatable bonds is 8. The Morgan fingerprint density at radius 1 is 0.721 bits per heavy atom. The summed E-state index contributed by atoms with van der Waals surface area (Å²) in [5.41, 5.74) is 13.3. The molecule has 43 heavy (non-hydrogen) atoms. The number of carboxylic acids is 2. The fourth-order valence-electron chi connectivity index (χ4n) is 5.76. The number of hydrogen-bond donors (Lipinski definition) is 2. The summed E-state index contributed by atoms with van der Waals surface area (Å²) in [7, 11) is 0. The predicted octanol–water partition coefficient (Wildman–Crippen LogP) is 4.83. The first-order valence-corrected chi connectivity index (χ1v) is 13.8. The van der Waals surface area contributed by atoms with Gasteiger partial charge in [-0.05, 0) is 111 Å². The second-order valence-electron chi connectivity index (χ2n) is 10.7. The molecule has 0 spiro atoms. The molecule has 5 rings (SSSR count). The number of aliphatic carboxylic acids is 2. The largest absolute Gasteiger partial charge is 2.00 e. The van der Waals surface area contributed by atoms with Crippen LogP contribution in [0.25, 0.3) is 50.4 Å². The Kier molecular flexibility index (Phi) is 9.07. The minimum Gasteiger partial charge on any atom is -0.550 e. The van der Waals surface area contributed by atoms with Crippen LogP contribution in [0.4, 0.5) is 0 Å². The number of aryl methyl sites for hydroxylation is 3. The number of nitrogens with zero attached hydrogens (tertiary/aromatic N) is 2. The summed E-state index contributed by atoms with van der Waals surface area (Å²) in [6.07, 6.45) is 3.81. The summed E-state index contributed by atoms with van der Waals surface area (Å²) < 4.78 is 0. The van der Waals surface area contributed by atoms with Crippen molar-refractivity contribution in [1.82, 2.24) is 19.9 Å². The standard InChI is InChI=1S/C34H34N4O4.Ni/c1-7-21-17(3)25-13-26-19(5)23(9-11-33(39)40)31(37-26)16-32-24(10-12-34(41)42)20(6)28(38-32)15-30-22(8-2)18(4)27(36-30)14-29(21)35-25;/h7-8,13-16,35,38H,1-2,9-12H2,3-6H3,(H,39,40)(H,41,42);/q;+2/p-2. The molecule has 0 radical (unpaired) electrons. The fraction of sp³-hybridized carbons (Fsp3) is 0.235. The maximum absolute atomic E-state index is 11.4. The van der Waals surface area contributed by atoms with E-state index in [1.165, 1.54) is 0 Å². The Hall–Kier alpha value is -4.49. The van der Waals surface area contributed by atoms with Crippen LogP contribution in [0.3, 0.4) is 0 Å². The average Bonchev–Trinajstić information content (AvgIpc) is 3.59. The first kappa shape index (κ1) is 31.4. The number of fused-ring (bicyclic) bond motifs is 8. The Morgan fingerprint density at radius 2 is 1.26 bits per heavy atom. The quantitative estimate of drug-likeness (QED) is 0.347. The summed E-state index contributed by atoms with van der Waals surface area (Å²) in [5.74, 6) is -2.28. The van der Waals surface area contributed by atoms with E-state index in [9.17, 15) is 19.8 Å². The first-order valence-electron chi connectivity index (χ1n) is 13.8. The van der Waals surface area contributed by atoms with E-state index >= 15 is 0 Å². The number of carbonyl (C=O) groups is 2. The summed E-state index contributed by atoms with van der Waals surface area (Å²) >= 11 is 0. The number of hydrogen-bond acceptors (Lipinski definition) is 6. The van der Waals surface area contributed by atoms with E-state index in [0.29, 0.717) is 16.9 Å². The number of nitrogens with one attached hydrogen (secondary N) is 2. The first-order chi connectivity index (χ1) is 20.0. The van der Waals surface area contributed by atoms with Gasteiger partial charge in [0.25, 0.3) is 0 Å². The maximum Gasteiger partial charge on any atom is 2.00 e. The van der Waals surface area contributed by atoms with E-state index in [1.807, 2.05) is 58.0 Å². The summed E-state index contributed by atoms with van der Waals surface area (Å²) in [6.45, 7) is 15.9. The van der Waals surface area contributed by atoms with Gasteiger partial charge in [-0.3, -0.25) is 0 Å². The predicted molar refractivity (Wildman–Crippen MR) is 163 cm³/mol. The SMILES string of the molecule is C=CC1=C(C)c2cc3[nH]c(cc4nc(cc5[nH]c(cc1n2)c(C)c5CCC(=O)[O-])C(CCC(=O)[O-])=C4C)c(C)c3C=C.[Ni+2]. The van der Waals surface area contributed by atoms with E-state index in [4.69, 9.17) is 9.97 Å². The maximum atomic E-state index is 11.4. The normalized spacial score (nSPS) is 12.7. The number of carboxylic acid groups (broad SMARTS) is 2. The van der Waals surface area contributed by atoms with Crippen LogP contribution in [0.5, 0.6) is 0 Å². The van der Waals surface area contributed by atoms with Gasteiger partial charge in [-0.15, -0.1) is 0 Å². The molecule has 2 N–H and O–H groups in total. The van der Waals surface area contributed by atoms with Gasteiger partial charge in [-0.25, -0.2) is 9.97 Å². The van der Waals surface area contributed by atoms with Gasteiger partial charge in [0.1, 0.15) is 0 Å². The molecule has 0 saturated heterocycles. The van der Waals surface area contributed by atoms with Crippen molar-refractivity contribution in [3.8, 4) is 0 Å². The van der Waals surface area contributed by atoms with Gasteiger partial charge in [-0.1, -0.05) is 25.3 Å². The number of H-pyrrole nitrogens is 2. The Balaban J connectivity index is 0.00000423. The van der Waals surface area contributed by atoms with Gasteiger partial charge in [0.2, 0.25) is 0 Å². The second-order valence-corrected chi connectivity index (χ2v) is 10.7. The topological polar surface area (TPSA) is 138 Å². The van der Waals surface area contributed by atoms with Gasteiger partial charge in [-0.2, -0.15) is 0 Å². The van der Waals surface area contributed by atoms with Crippen LogP contribution in [0, 0.1) is 13.8 Å². The van der Waals surface area contributed by atoms with E-state index in [-0.39, 0.29) is 42.2 Å². The molecule has 3 aromatic rings. The molecule has 0 atom stereocenters. The van der Waals surface area contributed by atoms with E-state index in [0.717, 1.165) is 72.5 Å². The van der Waals surface area contributed by atoms with Gasteiger partial charge in [0.05, 0.1) is 22.8 Å². The van der Waals surface area contributed by atoms with Gasteiger partial charge >= 0.3 is 16.5 Å².